The minimum atomic E-state index is -0.382. The molecule has 1 amide bonds. The van der Waals surface area contributed by atoms with Crippen molar-refractivity contribution in [3.63, 3.8) is 0 Å². The van der Waals surface area contributed by atoms with E-state index in [9.17, 15) is 9.18 Å². The van der Waals surface area contributed by atoms with Crippen LogP contribution in [0.3, 0.4) is 0 Å². The molecule has 0 saturated heterocycles. The number of rotatable bonds is 6. The van der Waals surface area contributed by atoms with E-state index in [-0.39, 0.29) is 17.5 Å². The molecule has 5 nitrogen and oxygen atoms in total. The number of anilines is 1. The van der Waals surface area contributed by atoms with Crippen molar-refractivity contribution in [2.24, 2.45) is 0 Å². The van der Waals surface area contributed by atoms with Gasteiger partial charge >= 0.3 is 0 Å². The van der Waals surface area contributed by atoms with Gasteiger partial charge in [0.05, 0.1) is 18.6 Å². The molecular weight excluding hydrogens is 353 g/mol. The second kappa shape index (κ2) is 8.05. The molecule has 3 rings (SSSR count). The first-order valence-corrected chi connectivity index (χ1v) is 8.92. The SMILES string of the molecule is COc1cccc(-n2ccnc2SCC(=O)Nc2cc(F)ccc2C)c1. The first kappa shape index (κ1) is 18.0. The van der Waals surface area contributed by atoms with E-state index in [2.05, 4.69) is 10.3 Å². The highest BCUT2D eigenvalue weighted by Crippen LogP contribution is 2.23. The summed E-state index contributed by atoms with van der Waals surface area (Å²) in [6, 6.07) is 11.9. The fourth-order valence-electron chi connectivity index (χ4n) is 2.40. The summed E-state index contributed by atoms with van der Waals surface area (Å²) in [6.07, 6.45) is 3.50. The Bertz CT molecular complexity index is 927. The van der Waals surface area contributed by atoms with E-state index in [1.807, 2.05) is 42.0 Å². The normalized spacial score (nSPS) is 10.6. The third-order valence-electron chi connectivity index (χ3n) is 3.74. The summed E-state index contributed by atoms with van der Waals surface area (Å²) in [4.78, 5) is 16.5. The zero-order valence-corrected chi connectivity index (χ0v) is 15.2. The van der Waals surface area contributed by atoms with Gasteiger partial charge in [0, 0.05) is 24.1 Å². The number of hydrogen-bond donors (Lipinski definition) is 1. The van der Waals surface area contributed by atoms with Crippen LogP contribution in [0.2, 0.25) is 0 Å². The molecule has 7 heteroatoms. The molecule has 2 aromatic carbocycles. The Morgan fingerprint density at radius 2 is 2.15 bits per heavy atom. The number of thioether (sulfide) groups is 1. The van der Waals surface area contributed by atoms with Crippen LogP contribution >= 0.6 is 11.8 Å². The lowest BCUT2D eigenvalue weighted by Crippen LogP contribution is -2.15. The molecule has 3 aromatic rings. The summed E-state index contributed by atoms with van der Waals surface area (Å²) in [7, 11) is 1.61. The van der Waals surface area contributed by atoms with Crippen LogP contribution in [0.5, 0.6) is 5.75 Å². The lowest BCUT2D eigenvalue weighted by molar-refractivity contribution is -0.113. The van der Waals surface area contributed by atoms with Crippen LogP contribution < -0.4 is 10.1 Å². The molecule has 0 radical (unpaired) electrons. The van der Waals surface area contributed by atoms with Gasteiger partial charge in [-0.25, -0.2) is 9.37 Å². The molecule has 1 aromatic heterocycles. The van der Waals surface area contributed by atoms with Crippen molar-refractivity contribution < 1.29 is 13.9 Å². The average molecular weight is 371 g/mol. The monoisotopic (exact) mass is 371 g/mol. The Labute approximate surface area is 155 Å². The molecule has 0 saturated carbocycles. The van der Waals surface area contributed by atoms with E-state index in [0.29, 0.717) is 10.8 Å². The summed E-state index contributed by atoms with van der Waals surface area (Å²) < 4.78 is 20.5. The number of aryl methyl sites for hydroxylation is 1. The third-order valence-corrected chi connectivity index (χ3v) is 4.71. The topological polar surface area (TPSA) is 56.2 Å². The van der Waals surface area contributed by atoms with E-state index < -0.39 is 0 Å². The quantitative estimate of drug-likeness (QED) is 0.664. The van der Waals surface area contributed by atoms with Crippen LogP contribution in [0.4, 0.5) is 10.1 Å². The van der Waals surface area contributed by atoms with Crippen LogP contribution in [0, 0.1) is 12.7 Å². The zero-order chi connectivity index (χ0) is 18.5. The number of hydrogen-bond acceptors (Lipinski definition) is 4. The van der Waals surface area contributed by atoms with Gasteiger partial charge in [0.15, 0.2) is 5.16 Å². The van der Waals surface area contributed by atoms with Crippen molar-refractivity contribution in [2.45, 2.75) is 12.1 Å². The number of nitrogens with one attached hydrogen (secondary N) is 1. The number of ether oxygens (including phenoxy) is 1. The molecule has 0 aliphatic heterocycles. The first-order valence-electron chi connectivity index (χ1n) is 7.93. The van der Waals surface area contributed by atoms with Gasteiger partial charge in [-0.05, 0) is 36.8 Å². The summed E-state index contributed by atoms with van der Waals surface area (Å²) in [5.41, 5.74) is 2.18. The highest BCUT2D eigenvalue weighted by Gasteiger charge is 2.11. The maximum Gasteiger partial charge on any atom is 0.234 e. The standard InChI is InChI=1S/C19H18FN3O2S/c1-13-6-7-14(20)10-17(13)22-18(24)12-26-19-21-8-9-23(19)15-4-3-5-16(11-15)25-2/h3-11H,12H2,1-2H3,(H,22,24). The van der Waals surface area contributed by atoms with Gasteiger partial charge in [-0.3, -0.25) is 9.36 Å². The second-order valence-corrected chi connectivity index (χ2v) is 6.52. The number of nitrogens with zero attached hydrogens (tertiary/aromatic N) is 2. The maximum absolute atomic E-state index is 13.3. The largest absolute Gasteiger partial charge is 0.497 e. The van der Waals surface area contributed by atoms with Crippen molar-refractivity contribution in [1.82, 2.24) is 9.55 Å². The number of benzene rings is 2. The number of methoxy groups -OCH3 is 1. The Morgan fingerprint density at radius 1 is 1.31 bits per heavy atom. The fraction of sp³-hybridized carbons (Fsp3) is 0.158. The van der Waals surface area contributed by atoms with Crippen molar-refractivity contribution in [2.75, 3.05) is 18.2 Å². The van der Waals surface area contributed by atoms with Crippen LogP contribution in [0.15, 0.2) is 60.0 Å². The lowest BCUT2D eigenvalue weighted by atomic mass is 10.2. The highest BCUT2D eigenvalue weighted by molar-refractivity contribution is 7.99. The van der Waals surface area contributed by atoms with Crippen molar-refractivity contribution in [3.05, 3.63) is 66.2 Å². The molecule has 0 aliphatic carbocycles. The van der Waals surface area contributed by atoms with Crippen LogP contribution in [-0.4, -0.2) is 28.3 Å². The Balaban J connectivity index is 1.68. The summed E-state index contributed by atoms with van der Waals surface area (Å²) in [5.74, 6) is 0.305. The third kappa shape index (κ3) is 4.23. The first-order chi connectivity index (χ1) is 12.6. The van der Waals surface area contributed by atoms with Gasteiger partial charge in [-0.1, -0.05) is 23.9 Å². The van der Waals surface area contributed by atoms with E-state index in [4.69, 9.17) is 4.74 Å². The van der Waals surface area contributed by atoms with Gasteiger partial charge in [0.2, 0.25) is 5.91 Å². The molecule has 0 fully saturated rings. The predicted molar refractivity (Wildman–Crippen MR) is 101 cm³/mol. The molecular formula is C19H18FN3O2S. The zero-order valence-electron chi connectivity index (χ0n) is 14.4. The molecule has 0 spiro atoms. The summed E-state index contributed by atoms with van der Waals surface area (Å²) in [5, 5.41) is 3.42. The van der Waals surface area contributed by atoms with Gasteiger partial charge < -0.3 is 10.1 Å². The highest BCUT2D eigenvalue weighted by atomic mass is 32.2. The van der Waals surface area contributed by atoms with Gasteiger partial charge in [-0.15, -0.1) is 0 Å². The minimum Gasteiger partial charge on any atom is -0.497 e. The molecule has 26 heavy (non-hydrogen) atoms. The van der Waals surface area contributed by atoms with Crippen LogP contribution in [0.25, 0.3) is 5.69 Å². The molecule has 0 atom stereocenters. The average Bonchev–Trinajstić information content (AvgIpc) is 3.12. The molecule has 1 N–H and O–H groups in total. The second-order valence-electron chi connectivity index (χ2n) is 5.58. The Hall–Kier alpha value is -2.80. The van der Waals surface area contributed by atoms with E-state index in [1.54, 1.807) is 19.4 Å². The molecule has 0 unspecified atom stereocenters. The van der Waals surface area contributed by atoms with E-state index in [1.165, 1.54) is 23.9 Å². The molecule has 0 aliphatic rings. The molecule has 0 bridgehead atoms. The number of imidazole rings is 1. The van der Waals surface area contributed by atoms with E-state index in [0.717, 1.165) is 17.0 Å². The number of carbonyl (C=O) groups is 1. The fourth-order valence-corrected chi connectivity index (χ4v) is 3.17. The Morgan fingerprint density at radius 3 is 2.96 bits per heavy atom. The number of halogens is 1. The van der Waals surface area contributed by atoms with Crippen molar-refractivity contribution >= 4 is 23.4 Å². The lowest BCUT2D eigenvalue weighted by Gasteiger charge is -2.10. The maximum atomic E-state index is 13.3. The minimum absolute atomic E-state index is 0.164. The number of carbonyl (C=O) groups excluding carboxylic acids is 1. The number of aromatic nitrogens is 2. The van der Waals surface area contributed by atoms with Crippen LogP contribution in [0.1, 0.15) is 5.56 Å². The summed E-state index contributed by atoms with van der Waals surface area (Å²) >= 11 is 1.30. The smallest absolute Gasteiger partial charge is 0.234 e. The molecule has 134 valence electrons. The van der Waals surface area contributed by atoms with Crippen molar-refractivity contribution in [1.29, 1.82) is 0 Å². The van der Waals surface area contributed by atoms with Crippen molar-refractivity contribution in [3.8, 4) is 11.4 Å². The molecule has 1 heterocycles. The van der Waals surface area contributed by atoms with Crippen LogP contribution in [-0.2, 0) is 4.79 Å². The van der Waals surface area contributed by atoms with Gasteiger partial charge in [0.25, 0.3) is 0 Å². The van der Waals surface area contributed by atoms with E-state index >= 15 is 0 Å². The predicted octanol–water partition coefficient (Wildman–Crippen LogP) is 4.06. The number of amides is 1. The summed E-state index contributed by atoms with van der Waals surface area (Å²) in [6.45, 7) is 1.82. The van der Waals surface area contributed by atoms with Gasteiger partial charge in [-0.2, -0.15) is 0 Å². The Kier molecular flexibility index (Phi) is 5.58. The van der Waals surface area contributed by atoms with Gasteiger partial charge in [0.1, 0.15) is 11.6 Å².